The van der Waals surface area contributed by atoms with Gasteiger partial charge in [-0.15, -0.1) is 0 Å². The first kappa shape index (κ1) is 16.8. The monoisotopic (exact) mass is 343 g/mol. The summed E-state index contributed by atoms with van der Waals surface area (Å²) in [5.74, 6) is 0.322. The number of aromatic nitrogens is 2. The van der Waals surface area contributed by atoms with Gasteiger partial charge in [-0.3, -0.25) is 9.59 Å². The highest BCUT2D eigenvalue weighted by atomic mass is 32.2. The number of thioether (sulfide) groups is 1. The molecule has 0 atom stereocenters. The second-order valence-corrected chi connectivity index (χ2v) is 6.82. The number of nitrogens with zero attached hydrogens (tertiary/aromatic N) is 2. The minimum Gasteiger partial charge on any atom is -0.311 e. The Balaban J connectivity index is 1.69. The molecule has 2 aromatic rings. The maximum absolute atomic E-state index is 12.6. The lowest BCUT2D eigenvalue weighted by Crippen LogP contribution is -2.36. The van der Waals surface area contributed by atoms with E-state index in [2.05, 4.69) is 16.0 Å². The first-order valence-electron chi connectivity index (χ1n) is 8.28. The molecule has 1 aromatic carbocycles. The zero-order chi connectivity index (χ0) is 16.9. The molecular formula is C18H21N3O2S. The Morgan fingerprint density at radius 1 is 1.38 bits per heavy atom. The van der Waals surface area contributed by atoms with Crippen LogP contribution in [0.1, 0.15) is 31.0 Å². The predicted molar refractivity (Wildman–Crippen MR) is 96.7 cm³/mol. The number of hydrogen-bond donors (Lipinski definition) is 1. The number of H-pyrrole nitrogens is 1. The minimum atomic E-state index is -0.160. The zero-order valence-electron chi connectivity index (χ0n) is 13.7. The summed E-state index contributed by atoms with van der Waals surface area (Å²) >= 11 is 1.29. The molecule has 3 rings (SSSR count). The lowest BCUT2D eigenvalue weighted by Gasteiger charge is -2.29. The molecule has 0 bridgehead atoms. The molecular weight excluding hydrogens is 322 g/mol. The number of carbonyl (C=O) groups is 1. The SMILES string of the molecule is CCCc1cc(=O)[nH]c(SCC(=O)N2CCCc3ccccc32)n1. The lowest BCUT2D eigenvalue weighted by molar-refractivity contribution is -0.116. The highest BCUT2D eigenvalue weighted by Gasteiger charge is 2.22. The van der Waals surface area contributed by atoms with E-state index in [1.54, 1.807) is 0 Å². The van der Waals surface area contributed by atoms with E-state index in [1.165, 1.54) is 23.4 Å². The van der Waals surface area contributed by atoms with Gasteiger partial charge in [0, 0.05) is 24.0 Å². The first-order valence-corrected chi connectivity index (χ1v) is 9.27. The van der Waals surface area contributed by atoms with Crippen LogP contribution in [0, 0.1) is 0 Å². The number of benzene rings is 1. The summed E-state index contributed by atoms with van der Waals surface area (Å²) in [6.45, 7) is 2.79. The van der Waals surface area contributed by atoms with Crippen molar-refractivity contribution in [2.45, 2.75) is 37.8 Å². The second-order valence-electron chi connectivity index (χ2n) is 5.86. The van der Waals surface area contributed by atoms with E-state index in [4.69, 9.17) is 0 Å². The molecule has 1 aromatic heterocycles. The topological polar surface area (TPSA) is 66.1 Å². The van der Waals surface area contributed by atoms with Crippen molar-refractivity contribution in [3.8, 4) is 0 Å². The number of fused-ring (bicyclic) bond motifs is 1. The quantitative estimate of drug-likeness (QED) is 0.670. The molecule has 5 nitrogen and oxygen atoms in total. The van der Waals surface area contributed by atoms with Gasteiger partial charge in [-0.05, 0) is 30.9 Å². The lowest BCUT2D eigenvalue weighted by atomic mass is 10.0. The van der Waals surface area contributed by atoms with Crippen molar-refractivity contribution >= 4 is 23.4 Å². The molecule has 1 aliphatic heterocycles. The maximum atomic E-state index is 12.6. The Morgan fingerprint density at radius 3 is 3.04 bits per heavy atom. The van der Waals surface area contributed by atoms with E-state index in [1.807, 2.05) is 30.0 Å². The number of para-hydroxylation sites is 1. The van der Waals surface area contributed by atoms with Crippen LogP contribution >= 0.6 is 11.8 Å². The van der Waals surface area contributed by atoms with Gasteiger partial charge in [-0.2, -0.15) is 0 Å². The molecule has 0 fully saturated rings. The third-order valence-corrected chi connectivity index (χ3v) is 4.88. The number of anilines is 1. The number of amides is 1. The highest BCUT2D eigenvalue weighted by Crippen LogP contribution is 2.27. The van der Waals surface area contributed by atoms with Crippen LogP contribution in [0.2, 0.25) is 0 Å². The van der Waals surface area contributed by atoms with Crippen molar-refractivity contribution in [3.63, 3.8) is 0 Å². The Kier molecular flexibility index (Phi) is 5.35. The molecule has 1 aliphatic rings. The molecule has 6 heteroatoms. The normalized spacial score (nSPS) is 13.6. The highest BCUT2D eigenvalue weighted by molar-refractivity contribution is 7.99. The fourth-order valence-electron chi connectivity index (χ4n) is 2.94. The van der Waals surface area contributed by atoms with Gasteiger partial charge in [0.15, 0.2) is 5.16 Å². The van der Waals surface area contributed by atoms with E-state index in [-0.39, 0.29) is 17.2 Å². The second kappa shape index (κ2) is 7.66. The third-order valence-electron chi connectivity index (χ3n) is 4.02. The summed E-state index contributed by atoms with van der Waals surface area (Å²) in [4.78, 5) is 33.3. The number of carbonyl (C=O) groups excluding carboxylic acids is 1. The molecule has 0 saturated carbocycles. The Morgan fingerprint density at radius 2 is 2.21 bits per heavy atom. The molecule has 0 aliphatic carbocycles. The third kappa shape index (κ3) is 3.87. The summed E-state index contributed by atoms with van der Waals surface area (Å²) in [7, 11) is 0. The van der Waals surface area contributed by atoms with Crippen LogP contribution in [-0.4, -0.2) is 28.2 Å². The molecule has 24 heavy (non-hydrogen) atoms. The van der Waals surface area contributed by atoms with Crippen molar-refractivity contribution in [2.75, 3.05) is 17.2 Å². The molecule has 0 radical (unpaired) electrons. The molecule has 126 valence electrons. The van der Waals surface area contributed by atoms with Gasteiger partial charge in [-0.25, -0.2) is 4.98 Å². The van der Waals surface area contributed by atoms with Crippen LogP contribution in [-0.2, 0) is 17.6 Å². The summed E-state index contributed by atoms with van der Waals surface area (Å²) < 4.78 is 0. The van der Waals surface area contributed by atoms with Crippen molar-refractivity contribution in [3.05, 3.63) is 51.9 Å². The number of rotatable bonds is 5. The average molecular weight is 343 g/mol. The standard InChI is InChI=1S/C18H21N3O2S/c1-2-6-14-11-16(22)20-18(19-14)24-12-17(23)21-10-5-8-13-7-3-4-9-15(13)21/h3-4,7,9,11H,2,5-6,8,10,12H2,1H3,(H,19,20,22). The molecule has 1 amide bonds. The number of aryl methyl sites for hydroxylation is 2. The maximum Gasteiger partial charge on any atom is 0.251 e. The Hall–Kier alpha value is -2.08. The van der Waals surface area contributed by atoms with Crippen molar-refractivity contribution in [1.82, 2.24) is 9.97 Å². The first-order chi connectivity index (χ1) is 11.7. The number of hydrogen-bond acceptors (Lipinski definition) is 4. The minimum absolute atomic E-state index is 0.0516. The summed E-state index contributed by atoms with van der Waals surface area (Å²) in [6.07, 6.45) is 3.70. The van der Waals surface area contributed by atoms with Gasteiger partial charge in [0.05, 0.1) is 5.75 Å². The Labute approximate surface area is 145 Å². The van der Waals surface area contributed by atoms with Gasteiger partial charge >= 0.3 is 0 Å². The van der Waals surface area contributed by atoms with E-state index >= 15 is 0 Å². The van der Waals surface area contributed by atoms with Gasteiger partial charge < -0.3 is 9.88 Å². The van der Waals surface area contributed by atoms with Crippen molar-refractivity contribution in [2.24, 2.45) is 0 Å². The van der Waals surface area contributed by atoms with Crippen LogP contribution in [0.3, 0.4) is 0 Å². The van der Waals surface area contributed by atoms with Crippen LogP contribution in [0.4, 0.5) is 5.69 Å². The number of nitrogens with one attached hydrogen (secondary N) is 1. The van der Waals surface area contributed by atoms with E-state index in [0.717, 1.165) is 43.6 Å². The molecule has 0 saturated heterocycles. The van der Waals surface area contributed by atoms with Crippen LogP contribution in [0.25, 0.3) is 0 Å². The van der Waals surface area contributed by atoms with Crippen LogP contribution < -0.4 is 10.5 Å². The van der Waals surface area contributed by atoms with Gasteiger partial charge in [0.1, 0.15) is 0 Å². The van der Waals surface area contributed by atoms with Crippen LogP contribution in [0.5, 0.6) is 0 Å². The fraction of sp³-hybridized carbons (Fsp3) is 0.389. The average Bonchev–Trinajstić information content (AvgIpc) is 2.59. The van der Waals surface area contributed by atoms with Gasteiger partial charge in [-0.1, -0.05) is 43.3 Å². The number of aromatic amines is 1. The summed E-state index contributed by atoms with van der Waals surface area (Å²) in [5, 5.41) is 0.518. The molecule has 0 spiro atoms. The predicted octanol–water partition coefficient (Wildman–Crippen LogP) is 2.79. The fourth-order valence-corrected chi connectivity index (χ4v) is 3.71. The molecule has 1 N–H and O–H groups in total. The van der Waals surface area contributed by atoms with Crippen LogP contribution in [0.15, 0.2) is 40.3 Å². The van der Waals surface area contributed by atoms with Gasteiger partial charge in [0.2, 0.25) is 5.91 Å². The molecule has 0 unspecified atom stereocenters. The largest absolute Gasteiger partial charge is 0.311 e. The van der Waals surface area contributed by atoms with E-state index in [9.17, 15) is 9.59 Å². The van der Waals surface area contributed by atoms with Crippen molar-refractivity contribution < 1.29 is 4.79 Å². The summed E-state index contributed by atoms with van der Waals surface area (Å²) in [6, 6.07) is 9.57. The van der Waals surface area contributed by atoms with E-state index < -0.39 is 0 Å². The smallest absolute Gasteiger partial charge is 0.251 e. The Bertz CT molecular complexity index is 788. The van der Waals surface area contributed by atoms with Gasteiger partial charge in [0.25, 0.3) is 5.56 Å². The van der Waals surface area contributed by atoms with E-state index in [0.29, 0.717) is 5.16 Å². The molecule has 2 heterocycles. The zero-order valence-corrected chi connectivity index (χ0v) is 14.6. The summed E-state index contributed by atoms with van der Waals surface area (Å²) in [5.41, 5.74) is 2.85. The van der Waals surface area contributed by atoms with Crippen molar-refractivity contribution in [1.29, 1.82) is 0 Å².